The molecule has 0 spiro atoms. The standard InChI is InChI=1S/C24H30N8O2S/c1-12-21(22(34)28-14-5-7-32(4)8-6-14)35-16(27-12)9-15(33)19-17-20(31-30-19)18-13(10-24(17,2)3)11-26-23(25)29-18/h11,14H,5-10H2,1-4H3,(H,28,34)(H,30,31)(H2,25,26,29). The molecule has 0 atom stereocenters. The molecule has 11 heteroatoms. The number of Topliss-reactive ketones (excluding diaryl/α,β-unsaturated/α-hetero) is 1. The van der Waals surface area contributed by atoms with Crippen LogP contribution < -0.4 is 11.1 Å². The van der Waals surface area contributed by atoms with Gasteiger partial charge in [0.1, 0.15) is 21.3 Å². The highest BCUT2D eigenvalue weighted by Crippen LogP contribution is 2.43. The first kappa shape index (κ1) is 23.6. The van der Waals surface area contributed by atoms with E-state index < -0.39 is 0 Å². The van der Waals surface area contributed by atoms with E-state index in [1.165, 1.54) is 11.3 Å². The monoisotopic (exact) mass is 494 g/mol. The number of thiazole rings is 1. The van der Waals surface area contributed by atoms with Gasteiger partial charge in [-0.3, -0.25) is 14.7 Å². The van der Waals surface area contributed by atoms with E-state index in [1.807, 2.05) is 6.92 Å². The third-order valence-electron chi connectivity index (χ3n) is 6.87. The van der Waals surface area contributed by atoms with Crippen LogP contribution in [0.4, 0.5) is 5.95 Å². The summed E-state index contributed by atoms with van der Waals surface area (Å²) in [4.78, 5) is 42.1. The Bertz CT molecular complexity index is 1300. The van der Waals surface area contributed by atoms with Crippen LogP contribution in [0.3, 0.4) is 0 Å². The molecular formula is C24H30N8O2S. The first-order valence-electron chi connectivity index (χ1n) is 11.8. The molecule has 1 aliphatic heterocycles. The number of carbonyl (C=O) groups excluding carboxylic acids is 2. The minimum atomic E-state index is -0.336. The third-order valence-corrected chi connectivity index (χ3v) is 8.03. The van der Waals surface area contributed by atoms with Gasteiger partial charge >= 0.3 is 0 Å². The van der Waals surface area contributed by atoms with Gasteiger partial charge in [-0.15, -0.1) is 11.3 Å². The predicted octanol–water partition coefficient (Wildman–Crippen LogP) is 2.30. The smallest absolute Gasteiger partial charge is 0.263 e. The maximum atomic E-state index is 13.4. The average Bonchev–Trinajstić information content (AvgIpc) is 3.41. The molecule has 0 saturated carbocycles. The lowest BCUT2D eigenvalue weighted by atomic mass is 9.73. The van der Waals surface area contributed by atoms with Crippen LogP contribution in [0.1, 0.15) is 68.7 Å². The molecule has 4 heterocycles. The van der Waals surface area contributed by atoms with Gasteiger partial charge in [-0.1, -0.05) is 13.8 Å². The van der Waals surface area contributed by atoms with Crippen molar-refractivity contribution in [3.8, 4) is 11.4 Å². The summed E-state index contributed by atoms with van der Waals surface area (Å²) in [6.45, 7) is 7.92. The number of ketones is 1. The van der Waals surface area contributed by atoms with E-state index in [9.17, 15) is 9.59 Å². The van der Waals surface area contributed by atoms with Crippen molar-refractivity contribution in [2.24, 2.45) is 0 Å². The van der Waals surface area contributed by atoms with Gasteiger partial charge in [-0.25, -0.2) is 15.0 Å². The second kappa shape index (κ2) is 8.80. The van der Waals surface area contributed by atoms with E-state index in [0.717, 1.165) is 37.1 Å². The molecule has 0 bridgehead atoms. The van der Waals surface area contributed by atoms with Gasteiger partial charge in [0.2, 0.25) is 5.95 Å². The summed E-state index contributed by atoms with van der Waals surface area (Å²) in [5.74, 6) is -0.0508. The molecule has 4 N–H and O–H groups in total. The lowest BCUT2D eigenvalue weighted by Gasteiger charge is -2.30. The lowest BCUT2D eigenvalue weighted by Crippen LogP contribution is -2.43. The van der Waals surface area contributed by atoms with Gasteiger partial charge in [0.15, 0.2) is 5.78 Å². The fourth-order valence-corrected chi connectivity index (χ4v) is 6.03. The Morgan fingerprint density at radius 3 is 2.74 bits per heavy atom. The largest absolute Gasteiger partial charge is 0.368 e. The maximum Gasteiger partial charge on any atom is 0.263 e. The SMILES string of the molecule is Cc1nc(CC(=O)c2[nH]nc3c2C(C)(C)Cc2cnc(N)nc2-3)sc1C(=O)NC1CCN(C)CC1. The van der Waals surface area contributed by atoms with Crippen LogP contribution in [0.2, 0.25) is 0 Å². The van der Waals surface area contributed by atoms with Crippen molar-refractivity contribution in [3.63, 3.8) is 0 Å². The Morgan fingerprint density at radius 1 is 1.26 bits per heavy atom. The summed E-state index contributed by atoms with van der Waals surface area (Å²) in [5, 5.41) is 11.1. The maximum absolute atomic E-state index is 13.4. The van der Waals surface area contributed by atoms with Crippen molar-refractivity contribution in [1.29, 1.82) is 0 Å². The first-order chi connectivity index (χ1) is 16.6. The summed E-state index contributed by atoms with van der Waals surface area (Å²) in [7, 11) is 2.09. The van der Waals surface area contributed by atoms with Crippen LogP contribution >= 0.6 is 11.3 Å². The number of amides is 1. The molecule has 1 saturated heterocycles. The quantitative estimate of drug-likeness (QED) is 0.459. The van der Waals surface area contributed by atoms with Crippen molar-refractivity contribution in [2.45, 2.75) is 57.9 Å². The van der Waals surface area contributed by atoms with Crippen LogP contribution in [0, 0.1) is 6.92 Å². The molecule has 3 aromatic heterocycles. The molecule has 1 fully saturated rings. The second-order valence-corrected chi connectivity index (χ2v) is 11.2. The first-order valence-corrected chi connectivity index (χ1v) is 12.6. The summed E-state index contributed by atoms with van der Waals surface area (Å²) < 4.78 is 0. The van der Waals surface area contributed by atoms with Gasteiger partial charge in [0.25, 0.3) is 5.91 Å². The number of nitrogen functional groups attached to an aromatic ring is 1. The average molecular weight is 495 g/mol. The van der Waals surface area contributed by atoms with Gasteiger partial charge in [-0.05, 0) is 57.3 Å². The van der Waals surface area contributed by atoms with Crippen LogP contribution in [0.25, 0.3) is 11.4 Å². The molecule has 0 radical (unpaired) electrons. The molecule has 3 aromatic rings. The number of piperidine rings is 1. The summed E-state index contributed by atoms with van der Waals surface area (Å²) in [6, 6.07) is 0.171. The molecule has 1 amide bonds. The lowest BCUT2D eigenvalue weighted by molar-refractivity contribution is 0.0919. The molecule has 0 unspecified atom stereocenters. The van der Waals surface area contributed by atoms with Crippen LogP contribution in [0.5, 0.6) is 0 Å². The predicted molar refractivity (Wildman–Crippen MR) is 134 cm³/mol. The number of aromatic nitrogens is 5. The number of likely N-dealkylation sites (tertiary alicyclic amines) is 1. The fourth-order valence-electron chi connectivity index (χ4n) is 5.06. The van der Waals surface area contributed by atoms with Crippen molar-refractivity contribution in [2.75, 3.05) is 25.9 Å². The number of hydrogen-bond donors (Lipinski definition) is 3. The highest BCUT2D eigenvalue weighted by Gasteiger charge is 2.38. The molecule has 35 heavy (non-hydrogen) atoms. The third kappa shape index (κ3) is 4.45. The number of nitrogens with two attached hydrogens (primary N) is 1. The van der Waals surface area contributed by atoms with Gasteiger partial charge in [0, 0.05) is 17.8 Å². The van der Waals surface area contributed by atoms with Gasteiger partial charge in [-0.2, -0.15) is 5.10 Å². The molecule has 184 valence electrons. The van der Waals surface area contributed by atoms with Gasteiger partial charge < -0.3 is 16.0 Å². The number of nitrogens with zero attached hydrogens (tertiary/aromatic N) is 5. The number of fused-ring (bicyclic) bond motifs is 3. The minimum absolute atomic E-state index is 0.0937. The Labute approximate surface area is 207 Å². The van der Waals surface area contributed by atoms with E-state index in [1.54, 1.807) is 6.20 Å². The number of nitrogens with one attached hydrogen (secondary N) is 2. The van der Waals surface area contributed by atoms with Crippen LogP contribution in [-0.4, -0.2) is 67.9 Å². The van der Waals surface area contributed by atoms with Crippen LogP contribution in [0.15, 0.2) is 6.20 Å². The van der Waals surface area contributed by atoms with E-state index in [4.69, 9.17) is 5.73 Å². The zero-order valence-corrected chi connectivity index (χ0v) is 21.3. The summed E-state index contributed by atoms with van der Waals surface area (Å²) in [5.41, 5.74) is 9.68. The van der Waals surface area contributed by atoms with Crippen molar-refractivity contribution >= 4 is 29.0 Å². The number of aromatic amines is 1. The Balaban J connectivity index is 1.36. The highest BCUT2D eigenvalue weighted by molar-refractivity contribution is 7.13. The van der Waals surface area contributed by atoms with Crippen LogP contribution in [-0.2, 0) is 18.3 Å². The highest BCUT2D eigenvalue weighted by atomic mass is 32.1. The topological polar surface area (TPSA) is 143 Å². The summed E-state index contributed by atoms with van der Waals surface area (Å²) >= 11 is 1.28. The normalized spacial score (nSPS) is 17.6. The number of anilines is 1. The fraction of sp³-hybridized carbons (Fsp3) is 0.500. The second-order valence-electron chi connectivity index (χ2n) is 10.2. The molecule has 5 rings (SSSR count). The van der Waals surface area contributed by atoms with E-state index in [-0.39, 0.29) is 35.5 Å². The molecular weight excluding hydrogens is 464 g/mol. The Kier molecular flexibility index (Phi) is 5.92. The zero-order chi connectivity index (χ0) is 24.9. The molecule has 10 nitrogen and oxygen atoms in total. The molecule has 2 aliphatic rings. The van der Waals surface area contributed by atoms with E-state index >= 15 is 0 Å². The molecule has 0 aromatic carbocycles. The number of aryl methyl sites for hydroxylation is 1. The van der Waals surface area contributed by atoms with E-state index in [0.29, 0.717) is 39.1 Å². The number of hydrogen-bond acceptors (Lipinski definition) is 9. The Hall–Kier alpha value is -3.18. The number of rotatable bonds is 5. The van der Waals surface area contributed by atoms with E-state index in [2.05, 4.69) is 56.3 Å². The van der Waals surface area contributed by atoms with Crippen molar-refractivity contribution < 1.29 is 9.59 Å². The zero-order valence-electron chi connectivity index (χ0n) is 20.4. The number of carbonyl (C=O) groups is 2. The van der Waals surface area contributed by atoms with Crippen molar-refractivity contribution in [3.05, 3.63) is 38.6 Å². The van der Waals surface area contributed by atoms with Crippen molar-refractivity contribution in [1.82, 2.24) is 35.4 Å². The summed E-state index contributed by atoms with van der Waals surface area (Å²) in [6.07, 6.45) is 4.37. The minimum Gasteiger partial charge on any atom is -0.368 e. The molecule has 1 aliphatic carbocycles. The van der Waals surface area contributed by atoms with Gasteiger partial charge in [0.05, 0.1) is 17.8 Å². The Morgan fingerprint density at radius 2 is 2.00 bits per heavy atom. The number of H-pyrrole nitrogens is 1.